The van der Waals surface area contributed by atoms with E-state index in [0.29, 0.717) is 6.08 Å². The molecule has 2 nitrogen and oxygen atoms in total. The van der Waals surface area contributed by atoms with Gasteiger partial charge in [-0.15, -0.1) is 12.8 Å². The van der Waals surface area contributed by atoms with E-state index in [0.717, 1.165) is 0 Å². The molecule has 0 saturated heterocycles. The third-order valence-corrected chi connectivity index (χ3v) is 0.547. The molecule has 0 atom stereocenters. The summed E-state index contributed by atoms with van der Waals surface area (Å²) < 4.78 is 0. The van der Waals surface area contributed by atoms with Gasteiger partial charge in [0.05, 0.1) is 0 Å². The molecule has 0 saturated carbocycles. The van der Waals surface area contributed by atoms with E-state index in [-0.39, 0.29) is 0 Å². The number of allylic oxidation sites excluding steroid dienone is 2. The lowest BCUT2D eigenvalue weighted by Gasteiger charge is -1.96. The van der Waals surface area contributed by atoms with Crippen LogP contribution in [0, 0.1) is 24.7 Å². The predicted molar refractivity (Wildman–Crippen MR) is 30.8 cm³/mol. The number of carbonyl (C=O) groups excluding carboxylic acids is 1. The van der Waals surface area contributed by atoms with Crippen LogP contribution in [0.1, 0.15) is 0 Å². The molecule has 0 aliphatic carbocycles. The number of terminal acetylenes is 2. The Morgan fingerprint density at radius 2 is 2.00 bits per heavy atom. The van der Waals surface area contributed by atoms with Gasteiger partial charge in [0.1, 0.15) is 0 Å². The molecule has 44 valence electrons. The Bertz CT molecular complexity index is 222. The lowest BCUT2D eigenvalue weighted by Crippen LogP contribution is -2.02. The molecule has 0 amide bonds. The fourth-order valence-electron chi connectivity index (χ4n) is 0.202. The predicted octanol–water partition coefficient (Wildman–Crippen LogP) is -0.934. The van der Waals surface area contributed by atoms with Crippen LogP contribution in [-0.4, -0.2) is 5.78 Å². The average molecular weight is 119 g/mol. The van der Waals surface area contributed by atoms with Gasteiger partial charge in [-0.3, -0.25) is 4.79 Å². The maximum Gasteiger partial charge on any atom is 0.228 e. The van der Waals surface area contributed by atoms with Crippen LogP contribution in [0.4, 0.5) is 0 Å². The Hall–Kier alpha value is -1.67. The third-order valence-electron chi connectivity index (χ3n) is 0.547. The third kappa shape index (κ3) is 2.96. The van der Waals surface area contributed by atoms with Crippen LogP contribution >= 0.6 is 0 Å². The topological polar surface area (TPSA) is 40.1 Å². The van der Waals surface area contributed by atoms with E-state index >= 15 is 0 Å². The Morgan fingerprint density at radius 1 is 1.44 bits per heavy atom. The highest BCUT2D eigenvalue weighted by molar-refractivity contribution is 6.04. The summed E-state index contributed by atoms with van der Waals surface area (Å²) in [5.41, 5.74) is 0. The van der Waals surface area contributed by atoms with Gasteiger partial charge in [-0.1, -0.05) is 11.7 Å². The molecule has 0 heterocycles. The van der Waals surface area contributed by atoms with Crippen molar-refractivity contribution in [2.24, 2.45) is 0 Å². The number of rotatable bonds is 1. The standard InChI is InChI=1S/C7H4O2/c1-3-6(8)5-7(9)4-2/h1-2,5,8H/p-1/b6-5+. The molecule has 0 radical (unpaired) electrons. The van der Waals surface area contributed by atoms with Crippen molar-refractivity contribution in [3.63, 3.8) is 0 Å². The monoisotopic (exact) mass is 119 g/mol. The SMILES string of the molecule is C#CC(=O)/C=C(/[O-])C#C. The van der Waals surface area contributed by atoms with Gasteiger partial charge in [0.15, 0.2) is 0 Å². The van der Waals surface area contributed by atoms with Gasteiger partial charge in [0.2, 0.25) is 5.78 Å². The molecule has 0 spiro atoms. The lowest BCUT2D eigenvalue weighted by molar-refractivity contribution is -0.292. The van der Waals surface area contributed by atoms with Crippen molar-refractivity contribution >= 4 is 5.78 Å². The van der Waals surface area contributed by atoms with E-state index in [2.05, 4.69) is 12.8 Å². The largest absolute Gasteiger partial charge is 0.866 e. The van der Waals surface area contributed by atoms with E-state index in [9.17, 15) is 9.90 Å². The molecule has 0 aromatic carbocycles. The first-order valence-corrected chi connectivity index (χ1v) is 2.06. The highest BCUT2D eigenvalue weighted by Gasteiger charge is 1.83. The zero-order valence-corrected chi connectivity index (χ0v) is 4.55. The van der Waals surface area contributed by atoms with Gasteiger partial charge in [-0.05, 0) is 12.0 Å². The van der Waals surface area contributed by atoms with Crippen molar-refractivity contribution in [3.8, 4) is 24.7 Å². The molecular weight excluding hydrogens is 116 g/mol. The minimum atomic E-state index is -0.696. The van der Waals surface area contributed by atoms with Gasteiger partial charge in [0, 0.05) is 0 Å². The van der Waals surface area contributed by atoms with E-state index in [1.54, 1.807) is 11.8 Å². The second-order valence-electron chi connectivity index (χ2n) is 1.16. The molecule has 0 aromatic rings. The molecule has 0 rings (SSSR count). The summed E-state index contributed by atoms with van der Waals surface area (Å²) in [5.74, 6) is 2.05. The molecule has 0 aliphatic rings. The van der Waals surface area contributed by atoms with Crippen molar-refractivity contribution in [1.29, 1.82) is 0 Å². The summed E-state index contributed by atoms with van der Waals surface area (Å²) in [6.07, 6.45) is 9.94. The summed E-state index contributed by atoms with van der Waals surface area (Å²) in [7, 11) is 0. The molecule has 0 N–H and O–H groups in total. The maximum atomic E-state index is 10.2. The summed E-state index contributed by atoms with van der Waals surface area (Å²) in [5, 5.41) is 10.2. The lowest BCUT2D eigenvalue weighted by atomic mass is 10.3. The number of ketones is 1. The van der Waals surface area contributed by atoms with Crippen molar-refractivity contribution in [2.45, 2.75) is 0 Å². The van der Waals surface area contributed by atoms with Crippen LogP contribution in [0.2, 0.25) is 0 Å². The molecule has 0 aromatic heterocycles. The van der Waals surface area contributed by atoms with Crippen LogP contribution in [0.5, 0.6) is 0 Å². The molecule has 0 bridgehead atoms. The second kappa shape index (κ2) is 3.35. The van der Waals surface area contributed by atoms with Crippen molar-refractivity contribution < 1.29 is 9.90 Å². The van der Waals surface area contributed by atoms with E-state index < -0.39 is 11.5 Å². The zero-order chi connectivity index (χ0) is 7.28. The van der Waals surface area contributed by atoms with Crippen LogP contribution in [0.3, 0.4) is 0 Å². The Morgan fingerprint density at radius 3 is 2.33 bits per heavy atom. The minimum Gasteiger partial charge on any atom is -0.866 e. The van der Waals surface area contributed by atoms with Crippen LogP contribution in [0.25, 0.3) is 0 Å². The van der Waals surface area contributed by atoms with Gasteiger partial charge in [0.25, 0.3) is 0 Å². The highest BCUT2D eigenvalue weighted by Crippen LogP contribution is 1.78. The van der Waals surface area contributed by atoms with Crippen molar-refractivity contribution in [2.75, 3.05) is 0 Å². The smallest absolute Gasteiger partial charge is 0.228 e. The van der Waals surface area contributed by atoms with Crippen molar-refractivity contribution in [1.82, 2.24) is 0 Å². The second-order valence-corrected chi connectivity index (χ2v) is 1.16. The average Bonchev–Trinajstić information content (AvgIpc) is 1.87. The first-order valence-electron chi connectivity index (χ1n) is 2.06. The number of hydrogen-bond donors (Lipinski definition) is 0. The molecular formula is C7H3O2-. The van der Waals surface area contributed by atoms with Crippen LogP contribution < -0.4 is 5.11 Å². The fraction of sp³-hybridized carbons (Fsp3) is 0. The molecule has 0 aliphatic heterocycles. The van der Waals surface area contributed by atoms with Gasteiger partial charge in [-0.2, -0.15) is 0 Å². The Balaban J connectivity index is 4.22. The van der Waals surface area contributed by atoms with Crippen molar-refractivity contribution in [3.05, 3.63) is 11.8 Å². The molecule has 9 heavy (non-hydrogen) atoms. The summed E-state index contributed by atoms with van der Waals surface area (Å²) in [6.45, 7) is 0. The van der Waals surface area contributed by atoms with Crippen LogP contribution in [0.15, 0.2) is 11.8 Å². The highest BCUT2D eigenvalue weighted by atomic mass is 16.3. The van der Waals surface area contributed by atoms with E-state index in [1.165, 1.54) is 0 Å². The van der Waals surface area contributed by atoms with Gasteiger partial charge < -0.3 is 5.11 Å². The number of carbonyl (C=O) groups is 1. The Kier molecular flexibility index (Phi) is 2.73. The number of hydrogen-bond acceptors (Lipinski definition) is 2. The molecule has 0 unspecified atom stereocenters. The normalized spacial score (nSPS) is 9.33. The first kappa shape index (κ1) is 7.33. The fourth-order valence-corrected chi connectivity index (χ4v) is 0.202. The maximum absolute atomic E-state index is 10.2. The van der Waals surface area contributed by atoms with E-state index in [1.807, 2.05) is 0 Å². The Labute approximate surface area is 53.2 Å². The van der Waals surface area contributed by atoms with Crippen LogP contribution in [-0.2, 0) is 4.79 Å². The summed E-state index contributed by atoms with van der Waals surface area (Å²) in [4.78, 5) is 10.2. The summed E-state index contributed by atoms with van der Waals surface area (Å²) >= 11 is 0. The zero-order valence-electron chi connectivity index (χ0n) is 4.55. The molecule has 2 heteroatoms. The first-order chi connectivity index (χ1) is 4.20. The summed E-state index contributed by atoms with van der Waals surface area (Å²) in [6, 6.07) is 0. The van der Waals surface area contributed by atoms with Gasteiger partial charge >= 0.3 is 0 Å². The van der Waals surface area contributed by atoms with Gasteiger partial charge in [-0.25, -0.2) is 0 Å². The quantitative estimate of drug-likeness (QED) is 0.193. The minimum absolute atomic E-state index is 0.694. The molecule has 0 fully saturated rings. The van der Waals surface area contributed by atoms with E-state index in [4.69, 9.17) is 0 Å².